The van der Waals surface area contributed by atoms with E-state index in [1.165, 1.54) is 18.8 Å². The van der Waals surface area contributed by atoms with Crippen LogP contribution in [0, 0.1) is 6.92 Å². The standard InChI is InChI=1S/C12H13N3O4/c1-8-9(2-5-19-8)11(16)13-3-4-15-6-10(12(17)18)14-7-15/h2,5-7H,3-4H2,1H3,(H,13,16)(H,17,18). The fourth-order valence-electron chi connectivity index (χ4n) is 1.61. The Morgan fingerprint density at radius 2 is 2.32 bits per heavy atom. The van der Waals surface area contributed by atoms with Gasteiger partial charge in [0.1, 0.15) is 5.76 Å². The molecule has 0 aliphatic rings. The van der Waals surface area contributed by atoms with Crippen molar-refractivity contribution >= 4 is 11.9 Å². The number of carboxylic acids is 1. The predicted octanol–water partition coefficient (Wildman–Crippen LogP) is 0.913. The summed E-state index contributed by atoms with van der Waals surface area (Å²) in [6.45, 7) is 2.53. The molecule has 0 aliphatic carbocycles. The van der Waals surface area contributed by atoms with Gasteiger partial charge >= 0.3 is 5.97 Å². The van der Waals surface area contributed by atoms with E-state index in [-0.39, 0.29) is 11.6 Å². The summed E-state index contributed by atoms with van der Waals surface area (Å²) in [6, 6.07) is 1.60. The highest BCUT2D eigenvalue weighted by atomic mass is 16.4. The van der Waals surface area contributed by atoms with Crippen molar-refractivity contribution in [2.24, 2.45) is 0 Å². The van der Waals surface area contributed by atoms with E-state index < -0.39 is 5.97 Å². The van der Waals surface area contributed by atoms with Gasteiger partial charge in [0.15, 0.2) is 5.69 Å². The molecule has 2 heterocycles. The van der Waals surface area contributed by atoms with Gasteiger partial charge in [-0.3, -0.25) is 4.79 Å². The van der Waals surface area contributed by atoms with Crippen LogP contribution in [0.3, 0.4) is 0 Å². The number of amides is 1. The second-order valence-corrected chi connectivity index (χ2v) is 3.95. The molecule has 0 unspecified atom stereocenters. The van der Waals surface area contributed by atoms with Gasteiger partial charge in [0.05, 0.1) is 18.2 Å². The molecule has 0 fully saturated rings. The lowest BCUT2D eigenvalue weighted by Gasteiger charge is -2.04. The second-order valence-electron chi connectivity index (χ2n) is 3.95. The van der Waals surface area contributed by atoms with Gasteiger partial charge in [0.25, 0.3) is 5.91 Å². The van der Waals surface area contributed by atoms with Gasteiger partial charge in [0, 0.05) is 19.3 Å². The molecule has 2 N–H and O–H groups in total. The summed E-state index contributed by atoms with van der Waals surface area (Å²) in [5.41, 5.74) is 0.480. The van der Waals surface area contributed by atoms with E-state index in [4.69, 9.17) is 9.52 Å². The van der Waals surface area contributed by atoms with Crippen LogP contribution in [0.15, 0.2) is 29.3 Å². The van der Waals surface area contributed by atoms with E-state index >= 15 is 0 Å². The second kappa shape index (κ2) is 5.38. The molecular formula is C12H13N3O4. The molecule has 0 saturated heterocycles. The Labute approximate surface area is 108 Å². The van der Waals surface area contributed by atoms with Crippen molar-refractivity contribution in [3.63, 3.8) is 0 Å². The third-order valence-electron chi connectivity index (χ3n) is 2.61. The van der Waals surface area contributed by atoms with Crippen LogP contribution in [-0.4, -0.2) is 33.1 Å². The number of nitrogens with one attached hydrogen (secondary N) is 1. The first-order valence-corrected chi connectivity index (χ1v) is 5.65. The number of imidazole rings is 1. The monoisotopic (exact) mass is 263 g/mol. The van der Waals surface area contributed by atoms with Crippen molar-refractivity contribution in [2.75, 3.05) is 6.54 Å². The quantitative estimate of drug-likeness (QED) is 0.835. The van der Waals surface area contributed by atoms with Gasteiger partial charge in [0.2, 0.25) is 0 Å². The van der Waals surface area contributed by atoms with Gasteiger partial charge in [-0.1, -0.05) is 0 Å². The van der Waals surface area contributed by atoms with Crippen LogP contribution < -0.4 is 5.32 Å². The summed E-state index contributed by atoms with van der Waals surface area (Å²) in [5.74, 6) is -0.727. The fourth-order valence-corrected chi connectivity index (χ4v) is 1.61. The number of hydrogen-bond donors (Lipinski definition) is 2. The van der Waals surface area contributed by atoms with E-state index in [0.29, 0.717) is 24.4 Å². The van der Waals surface area contributed by atoms with E-state index in [1.807, 2.05) is 0 Å². The average Bonchev–Trinajstić information content (AvgIpc) is 2.97. The molecule has 19 heavy (non-hydrogen) atoms. The summed E-state index contributed by atoms with van der Waals surface area (Å²) < 4.78 is 6.64. The Morgan fingerprint density at radius 3 is 2.89 bits per heavy atom. The lowest BCUT2D eigenvalue weighted by molar-refractivity contribution is 0.0690. The van der Waals surface area contributed by atoms with Crippen LogP contribution >= 0.6 is 0 Å². The molecular weight excluding hydrogens is 250 g/mol. The lowest BCUT2D eigenvalue weighted by atomic mass is 10.2. The van der Waals surface area contributed by atoms with Crippen LogP contribution in [0.2, 0.25) is 0 Å². The van der Waals surface area contributed by atoms with Gasteiger partial charge in [-0.15, -0.1) is 0 Å². The number of rotatable bonds is 5. The maximum absolute atomic E-state index is 11.7. The molecule has 0 aliphatic heterocycles. The number of carbonyl (C=O) groups excluding carboxylic acids is 1. The molecule has 0 radical (unpaired) electrons. The Kier molecular flexibility index (Phi) is 3.65. The van der Waals surface area contributed by atoms with Crippen molar-refractivity contribution < 1.29 is 19.1 Å². The first kappa shape index (κ1) is 12.9. The highest BCUT2D eigenvalue weighted by Crippen LogP contribution is 2.07. The van der Waals surface area contributed by atoms with E-state index in [9.17, 15) is 9.59 Å². The topological polar surface area (TPSA) is 97.4 Å². The van der Waals surface area contributed by atoms with Crippen LogP contribution in [-0.2, 0) is 6.54 Å². The molecule has 2 aromatic rings. The summed E-state index contributed by atoms with van der Waals surface area (Å²) in [4.78, 5) is 26.1. The fraction of sp³-hybridized carbons (Fsp3) is 0.250. The first-order chi connectivity index (χ1) is 9.08. The zero-order valence-electron chi connectivity index (χ0n) is 10.3. The number of aryl methyl sites for hydroxylation is 1. The third kappa shape index (κ3) is 3.01. The molecule has 2 rings (SSSR count). The molecule has 7 heteroatoms. The molecule has 0 bridgehead atoms. The zero-order valence-corrected chi connectivity index (χ0v) is 10.3. The average molecular weight is 263 g/mol. The number of aromatic nitrogens is 2. The largest absolute Gasteiger partial charge is 0.476 e. The Morgan fingerprint density at radius 1 is 1.53 bits per heavy atom. The minimum absolute atomic E-state index is 0.0167. The van der Waals surface area contributed by atoms with E-state index in [2.05, 4.69) is 10.3 Å². The molecule has 2 aromatic heterocycles. The third-order valence-corrected chi connectivity index (χ3v) is 2.61. The van der Waals surface area contributed by atoms with E-state index in [0.717, 1.165) is 0 Å². The van der Waals surface area contributed by atoms with Gasteiger partial charge < -0.3 is 19.4 Å². The van der Waals surface area contributed by atoms with Gasteiger partial charge in [-0.05, 0) is 13.0 Å². The summed E-state index contributed by atoms with van der Waals surface area (Å²) in [5, 5.41) is 11.4. The van der Waals surface area contributed by atoms with Crippen LogP contribution in [0.1, 0.15) is 26.6 Å². The number of nitrogens with zero attached hydrogens (tertiary/aromatic N) is 2. The highest BCUT2D eigenvalue weighted by molar-refractivity contribution is 5.94. The maximum Gasteiger partial charge on any atom is 0.356 e. The summed E-state index contributed by atoms with van der Waals surface area (Å²) in [7, 11) is 0. The number of aromatic carboxylic acids is 1. The van der Waals surface area contributed by atoms with Crippen molar-refractivity contribution in [3.8, 4) is 0 Å². The Hall–Kier alpha value is -2.57. The van der Waals surface area contributed by atoms with Crippen molar-refractivity contribution in [2.45, 2.75) is 13.5 Å². The van der Waals surface area contributed by atoms with Crippen LogP contribution in [0.25, 0.3) is 0 Å². The van der Waals surface area contributed by atoms with E-state index in [1.54, 1.807) is 17.6 Å². The Balaban J connectivity index is 1.85. The number of carboxylic acid groups (broad SMARTS) is 1. The SMILES string of the molecule is Cc1occc1C(=O)NCCn1cnc(C(=O)O)c1. The molecule has 0 aromatic carbocycles. The molecule has 0 saturated carbocycles. The molecule has 100 valence electrons. The van der Waals surface area contributed by atoms with Crippen molar-refractivity contribution in [1.82, 2.24) is 14.9 Å². The smallest absolute Gasteiger partial charge is 0.356 e. The van der Waals surface area contributed by atoms with Crippen LogP contribution in [0.4, 0.5) is 0 Å². The molecule has 0 atom stereocenters. The molecule has 0 spiro atoms. The zero-order chi connectivity index (χ0) is 13.8. The van der Waals surface area contributed by atoms with Gasteiger partial charge in [-0.2, -0.15) is 0 Å². The summed E-state index contributed by atoms with van der Waals surface area (Å²) >= 11 is 0. The number of furan rings is 1. The van der Waals surface area contributed by atoms with Crippen molar-refractivity contribution in [3.05, 3.63) is 41.9 Å². The Bertz CT molecular complexity index is 600. The minimum atomic E-state index is -1.07. The summed E-state index contributed by atoms with van der Waals surface area (Å²) in [6.07, 6.45) is 4.29. The normalized spacial score (nSPS) is 10.4. The molecule has 7 nitrogen and oxygen atoms in total. The minimum Gasteiger partial charge on any atom is -0.476 e. The predicted molar refractivity (Wildman–Crippen MR) is 65.0 cm³/mol. The number of hydrogen-bond acceptors (Lipinski definition) is 4. The maximum atomic E-state index is 11.7. The van der Waals surface area contributed by atoms with Crippen molar-refractivity contribution in [1.29, 1.82) is 0 Å². The first-order valence-electron chi connectivity index (χ1n) is 5.65. The molecule has 1 amide bonds. The highest BCUT2D eigenvalue weighted by Gasteiger charge is 2.11. The van der Waals surface area contributed by atoms with Gasteiger partial charge in [-0.25, -0.2) is 9.78 Å². The van der Waals surface area contributed by atoms with Crippen LogP contribution in [0.5, 0.6) is 0 Å². The lowest BCUT2D eigenvalue weighted by Crippen LogP contribution is -2.27. The number of carbonyl (C=O) groups is 2.